The van der Waals surface area contributed by atoms with Crippen molar-refractivity contribution in [3.05, 3.63) is 78.6 Å². The fourth-order valence-electron chi connectivity index (χ4n) is 3.31. The summed E-state index contributed by atoms with van der Waals surface area (Å²) in [7, 11) is -1.95. The third-order valence-corrected chi connectivity index (χ3v) is 7.93. The van der Waals surface area contributed by atoms with Crippen LogP contribution in [0.15, 0.2) is 67.3 Å². The Bertz CT molecular complexity index is 806. The average Bonchev–Trinajstić information content (AvgIpc) is 3.08. The molecule has 1 N–H and O–H groups in total. The van der Waals surface area contributed by atoms with Gasteiger partial charge in [-0.3, -0.25) is 0 Å². The summed E-state index contributed by atoms with van der Waals surface area (Å²) in [5.41, 5.74) is -0.451. The first kappa shape index (κ1) is 17.5. The van der Waals surface area contributed by atoms with Gasteiger partial charge in [0.05, 0.1) is 14.6 Å². The standard InChI is InChI=1S/C19H22FN3OSi/c1-25(2,18-6-4-3-5-7-18)13-19(24,12-23-15-21-14-22-23)16-8-10-17(20)11-9-16/h3-11,14-15,24H,12-13H2,1-2H3. The maximum absolute atomic E-state index is 13.4. The van der Waals surface area contributed by atoms with Gasteiger partial charge in [-0.25, -0.2) is 14.1 Å². The van der Waals surface area contributed by atoms with Crippen molar-refractivity contribution in [1.82, 2.24) is 14.8 Å². The van der Waals surface area contributed by atoms with E-state index in [4.69, 9.17) is 0 Å². The normalized spacial score (nSPS) is 14.2. The zero-order valence-electron chi connectivity index (χ0n) is 14.4. The summed E-state index contributed by atoms with van der Waals surface area (Å²) in [6.45, 7) is 4.75. The van der Waals surface area contributed by atoms with E-state index in [2.05, 4.69) is 35.3 Å². The summed E-state index contributed by atoms with van der Waals surface area (Å²) < 4.78 is 15.0. The van der Waals surface area contributed by atoms with E-state index in [0.29, 0.717) is 11.6 Å². The quantitative estimate of drug-likeness (QED) is 0.692. The van der Waals surface area contributed by atoms with Crippen LogP contribution in [0.2, 0.25) is 19.1 Å². The van der Waals surface area contributed by atoms with Crippen LogP contribution in [-0.4, -0.2) is 27.9 Å². The van der Waals surface area contributed by atoms with Gasteiger partial charge >= 0.3 is 0 Å². The Morgan fingerprint density at radius 2 is 1.76 bits per heavy atom. The first-order chi connectivity index (χ1) is 11.9. The van der Waals surface area contributed by atoms with E-state index in [1.54, 1.807) is 23.1 Å². The zero-order valence-corrected chi connectivity index (χ0v) is 15.4. The number of rotatable bonds is 6. The van der Waals surface area contributed by atoms with Crippen molar-refractivity contribution in [2.75, 3.05) is 0 Å². The van der Waals surface area contributed by atoms with Crippen molar-refractivity contribution in [3.63, 3.8) is 0 Å². The zero-order chi connectivity index (χ0) is 17.9. The van der Waals surface area contributed by atoms with Gasteiger partial charge in [0, 0.05) is 0 Å². The van der Waals surface area contributed by atoms with E-state index in [9.17, 15) is 9.50 Å². The highest BCUT2D eigenvalue weighted by Crippen LogP contribution is 2.33. The molecule has 4 nitrogen and oxygen atoms in total. The molecule has 6 heteroatoms. The average molecular weight is 355 g/mol. The van der Waals surface area contributed by atoms with Gasteiger partial charge in [-0.2, -0.15) is 5.10 Å². The number of nitrogens with zero attached hydrogens (tertiary/aromatic N) is 3. The molecule has 0 radical (unpaired) electrons. The summed E-state index contributed by atoms with van der Waals surface area (Å²) in [5.74, 6) is -0.313. The molecule has 1 heterocycles. The van der Waals surface area contributed by atoms with Crippen LogP contribution in [0.1, 0.15) is 5.56 Å². The van der Waals surface area contributed by atoms with E-state index in [1.165, 1.54) is 23.6 Å². The molecule has 0 saturated carbocycles. The maximum Gasteiger partial charge on any atom is 0.137 e. The molecule has 0 saturated heterocycles. The fourth-order valence-corrected chi connectivity index (χ4v) is 6.39. The molecule has 2 aromatic carbocycles. The van der Waals surface area contributed by atoms with Crippen LogP contribution in [0.4, 0.5) is 4.39 Å². The number of aliphatic hydroxyl groups is 1. The number of benzene rings is 2. The van der Waals surface area contributed by atoms with Gasteiger partial charge in [0.15, 0.2) is 0 Å². The SMILES string of the molecule is C[Si](C)(CC(O)(Cn1cncn1)c1ccc(F)cc1)c1ccccc1. The van der Waals surface area contributed by atoms with E-state index in [0.717, 1.165) is 0 Å². The predicted octanol–water partition coefficient (Wildman–Crippen LogP) is 2.92. The minimum Gasteiger partial charge on any atom is -0.384 e. The smallest absolute Gasteiger partial charge is 0.137 e. The second kappa shape index (κ2) is 6.90. The molecule has 1 unspecified atom stereocenters. The summed E-state index contributed by atoms with van der Waals surface area (Å²) >= 11 is 0. The summed E-state index contributed by atoms with van der Waals surface area (Å²) in [5, 5.41) is 17.0. The third kappa shape index (κ3) is 4.03. The molecule has 25 heavy (non-hydrogen) atoms. The molecule has 130 valence electrons. The Balaban J connectivity index is 1.97. The fraction of sp³-hybridized carbons (Fsp3) is 0.263. The second-order valence-electron chi connectivity index (χ2n) is 7.06. The van der Waals surface area contributed by atoms with Crippen LogP contribution >= 0.6 is 0 Å². The number of halogens is 1. The first-order valence-corrected chi connectivity index (χ1v) is 11.5. The third-order valence-electron chi connectivity index (χ3n) is 4.56. The highest BCUT2D eigenvalue weighted by atomic mass is 28.3. The Kier molecular flexibility index (Phi) is 4.83. The van der Waals surface area contributed by atoms with Gasteiger partial charge in [-0.1, -0.05) is 60.7 Å². The van der Waals surface area contributed by atoms with Gasteiger partial charge in [0.2, 0.25) is 0 Å². The first-order valence-electron chi connectivity index (χ1n) is 8.25. The Labute approximate surface area is 148 Å². The molecule has 0 aliphatic rings. The van der Waals surface area contributed by atoms with Crippen molar-refractivity contribution in [2.45, 2.75) is 31.3 Å². The molecule has 0 spiro atoms. The lowest BCUT2D eigenvalue weighted by Crippen LogP contribution is -2.48. The molecule has 3 rings (SSSR count). The molecule has 1 atom stereocenters. The van der Waals surface area contributed by atoms with Crippen LogP contribution in [0, 0.1) is 5.82 Å². The number of hydrogen-bond donors (Lipinski definition) is 1. The van der Waals surface area contributed by atoms with Gasteiger partial charge in [-0.05, 0) is 23.7 Å². The second-order valence-corrected chi connectivity index (χ2v) is 11.8. The highest BCUT2D eigenvalue weighted by Gasteiger charge is 2.39. The van der Waals surface area contributed by atoms with Crippen molar-refractivity contribution in [1.29, 1.82) is 0 Å². The molecule has 0 fully saturated rings. The van der Waals surface area contributed by atoms with E-state index in [1.807, 2.05) is 18.2 Å². The van der Waals surface area contributed by atoms with Crippen LogP contribution in [0.3, 0.4) is 0 Å². The predicted molar refractivity (Wildman–Crippen MR) is 98.7 cm³/mol. The molecule has 0 aliphatic heterocycles. The van der Waals surface area contributed by atoms with Crippen molar-refractivity contribution < 1.29 is 9.50 Å². The van der Waals surface area contributed by atoms with Crippen molar-refractivity contribution in [3.8, 4) is 0 Å². The molecule has 0 amide bonds. The van der Waals surface area contributed by atoms with Gasteiger partial charge in [0.1, 0.15) is 24.1 Å². The lowest BCUT2D eigenvalue weighted by molar-refractivity contribution is 0.0333. The van der Waals surface area contributed by atoms with E-state index >= 15 is 0 Å². The topological polar surface area (TPSA) is 50.9 Å². The number of hydrogen-bond acceptors (Lipinski definition) is 3. The van der Waals surface area contributed by atoms with Crippen LogP contribution in [-0.2, 0) is 12.1 Å². The minimum atomic E-state index is -1.95. The lowest BCUT2D eigenvalue weighted by atomic mass is 9.96. The van der Waals surface area contributed by atoms with Crippen molar-refractivity contribution in [2.24, 2.45) is 0 Å². The van der Waals surface area contributed by atoms with Gasteiger partial charge in [0.25, 0.3) is 0 Å². The summed E-state index contributed by atoms with van der Waals surface area (Å²) in [4.78, 5) is 3.96. The molecule has 3 aromatic rings. The monoisotopic (exact) mass is 355 g/mol. The van der Waals surface area contributed by atoms with Gasteiger partial charge in [-0.15, -0.1) is 0 Å². The lowest BCUT2D eigenvalue weighted by Gasteiger charge is -2.36. The molecular formula is C19H22FN3OSi. The molecule has 1 aromatic heterocycles. The highest BCUT2D eigenvalue weighted by molar-refractivity contribution is 6.90. The molecule has 0 aliphatic carbocycles. The van der Waals surface area contributed by atoms with E-state index < -0.39 is 13.7 Å². The Morgan fingerprint density at radius 1 is 1.08 bits per heavy atom. The minimum absolute atomic E-state index is 0.280. The summed E-state index contributed by atoms with van der Waals surface area (Å²) in [6.07, 6.45) is 3.04. The largest absolute Gasteiger partial charge is 0.384 e. The maximum atomic E-state index is 13.4. The van der Waals surface area contributed by atoms with Crippen LogP contribution < -0.4 is 5.19 Å². The van der Waals surface area contributed by atoms with Crippen molar-refractivity contribution >= 4 is 13.3 Å². The van der Waals surface area contributed by atoms with Crippen LogP contribution in [0.5, 0.6) is 0 Å². The Morgan fingerprint density at radius 3 is 2.36 bits per heavy atom. The van der Waals surface area contributed by atoms with E-state index in [-0.39, 0.29) is 12.4 Å². The molecular weight excluding hydrogens is 333 g/mol. The number of aromatic nitrogens is 3. The molecule has 0 bridgehead atoms. The van der Waals surface area contributed by atoms with Crippen LogP contribution in [0.25, 0.3) is 0 Å². The summed E-state index contributed by atoms with van der Waals surface area (Å²) in [6, 6.07) is 17.0. The Hall–Kier alpha value is -2.31. The van der Waals surface area contributed by atoms with Gasteiger partial charge < -0.3 is 5.11 Å².